The van der Waals surface area contributed by atoms with Crippen molar-refractivity contribution in [2.45, 2.75) is 32.7 Å². The molecule has 1 aromatic carbocycles. The standard InChI is InChI=1S/C19H23N3O4/c1-13-4-3-5-16(10-13)26-12-18(23)21-8-6-15(7-9-21)22-14(2)17(11-20-22)19(24)25/h3-5,10-11,15H,6-9,12H2,1-2H3,(H,24,25). The van der Waals surface area contributed by atoms with Crippen LogP contribution in [-0.4, -0.2) is 51.4 Å². The van der Waals surface area contributed by atoms with E-state index in [-0.39, 0.29) is 24.1 Å². The summed E-state index contributed by atoms with van der Waals surface area (Å²) in [6, 6.07) is 7.74. The fourth-order valence-electron chi connectivity index (χ4n) is 3.30. The summed E-state index contributed by atoms with van der Waals surface area (Å²) in [5, 5.41) is 13.4. The number of hydrogen-bond acceptors (Lipinski definition) is 4. The molecule has 26 heavy (non-hydrogen) atoms. The topological polar surface area (TPSA) is 84.7 Å². The van der Waals surface area contributed by atoms with Crippen LogP contribution in [0.2, 0.25) is 0 Å². The molecular weight excluding hydrogens is 334 g/mol. The number of likely N-dealkylation sites (tertiary alicyclic amines) is 1. The molecule has 1 aromatic heterocycles. The minimum atomic E-state index is -0.963. The maximum absolute atomic E-state index is 12.4. The van der Waals surface area contributed by atoms with E-state index in [1.807, 2.05) is 31.2 Å². The van der Waals surface area contributed by atoms with Crippen LogP contribution in [-0.2, 0) is 4.79 Å². The van der Waals surface area contributed by atoms with Crippen LogP contribution < -0.4 is 4.74 Å². The summed E-state index contributed by atoms with van der Waals surface area (Å²) in [7, 11) is 0. The Morgan fingerprint density at radius 3 is 2.62 bits per heavy atom. The molecule has 1 aliphatic heterocycles. The van der Waals surface area contributed by atoms with Gasteiger partial charge in [-0.05, 0) is 44.4 Å². The van der Waals surface area contributed by atoms with E-state index in [0.717, 1.165) is 18.4 Å². The van der Waals surface area contributed by atoms with Crippen molar-refractivity contribution in [1.29, 1.82) is 0 Å². The van der Waals surface area contributed by atoms with Gasteiger partial charge in [0.2, 0.25) is 0 Å². The van der Waals surface area contributed by atoms with Gasteiger partial charge < -0.3 is 14.7 Å². The number of amides is 1. The second kappa shape index (κ2) is 7.59. The Labute approximate surface area is 152 Å². The van der Waals surface area contributed by atoms with Crippen LogP contribution in [0.4, 0.5) is 0 Å². The van der Waals surface area contributed by atoms with E-state index in [9.17, 15) is 9.59 Å². The van der Waals surface area contributed by atoms with Gasteiger partial charge in [-0.3, -0.25) is 9.48 Å². The number of aromatic carboxylic acids is 1. The van der Waals surface area contributed by atoms with E-state index in [4.69, 9.17) is 9.84 Å². The second-order valence-corrected chi connectivity index (χ2v) is 6.61. The molecule has 0 saturated carbocycles. The highest BCUT2D eigenvalue weighted by molar-refractivity contribution is 5.88. The van der Waals surface area contributed by atoms with Gasteiger partial charge in [0, 0.05) is 13.1 Å². The number of carbonyl (C=O) groups is 2. The zero-order valence-corrected chi connectivity index (χ0v) is 15.0. The molecule has 0 unspecified atom stereocenters. The second-order valence-electron chi connectivity index (χ2n) is 6.61. The average molecular weight is 357 g/mol. The fraction of sp³-hybridized carbons (Fsp3) is 0.421. The SMILES string of the molecule is Cc1cccc(OCC(=O)N2CCC(n3ncc(C(=O)O)c3C)CC2)c1. The summed E-state index contributed by atoms with van der Waals surface area (Å²) < 4.78 is 7.36. The lowest BCUT2D eigenvalue weighted by Crippen LogP contribution is -2.41. The smallest absolute Gasteiger partial charge is 0.339 e. The summed E-state index contributed by atoms with van der Waals surface area (Å²) in [5.74, 6) is -0.301. The van der Waals surface area contributed by atoms with Crippen molar-refractivity contribution in [3.8, 4) is 5.75 Å². The molecule has 0 atom stereocenters. The summed E-state index contributed by atoms with van der Waals surface area (Å²) in [6.07, 6.45) is 2.89. The largest absolute Gasteiger partial charge is 0.484 e. The van der Waals surface area contributed by atoms with Gasteiger partial charge in [-0.2, -0.15) is 5.10 Å². The lowest BCUT2D eigenvalue weighted by Gasteiger charge is -2.32. The van der Waals surface area contributed by atoms with Gasteiger partial charge in [0.15, 0.2) is 6.61 Å². The number of piperidine rings is 1. The number of carbonyl (C=O) groups excluding carboxylic acids is 1. The van der Waals surface area contributed by atoms with Gasteiger partial charge in [-0.1, -0.05) is 12.1 Å². The molecule has 1 aliphatic rings. The van der Waals surface area contributed by atoms with E-state index in [0.29, 0.717) is 24.5 Å². The molecule has 3 rings (SSSR count). The highest BCUT2D eigenvalue weighted by atomic mass is 16.5. The first-order chi connectivity index (χ1) is 12.5. The van der Waals surface area contributed by atoms with Crippen molar-refractivity contribution >= 4 is 11.9 Å². The first-order valence-electron chi connectivity index (χ1n) is 8.70. The van der Waals surface area contributed by atoms with E-state index < -0.39 is 5.97 Å². The zero-order chi connectivity index (χ0) is 18.7. The Bertz CT molecular complexity index is 807. The molecule has 138 valence electrons. The van der Waals surface area contributed by atoms with Gasteiger partial charge in [-0.15, -0.1) is 0 Å². The number of rotatable bonds is 5. The molecule has 1 amide bonds. The van der Waals surface area contributed by atoms with Crippen molar-refractivity contribution in [3.63, 3.8) is 0 Å². The van der Waals surface area contributed by atoms with Crippen LogP contribution in [0.15, 0.2) is 30.5 Å². The van der Waals surface area contributed by atoms with Crippen LogP contribution in [0.5, 0.6) is 5.75 Å². The molecule has 7 heteroatoms. The highest BCUT2D eigenvalue weighted by Gasteiger charge is 2.26. The molecule has 7 nitrogen and oxygen atoms in total. The molecule has 2 heterocycles. The lowest BCUT2D eigenvalue weighted by molar-refractivity contribution is -0.134. The maximum Gasteiger partial charge on any atom is 0.339 e. The molecule has 0 bridgehead atoms. The Kier molecular flexibility index (Phi) is 5.25. The van der Waals surface area contributed by atoms with Crippen molar-refractivity contribution in [2.75, 3.05) is 19.7 Å². The quantitative estimate of drug-likeness (QED) is 0.888. The number of carboxylic acid groups (broad SMARTS) is 1. The Balaban J connectivity index is 1.53. The predicted molar refractivity (Wildman–Crippen MR) is 95.4 cm³/mol. The van der Waals surface area contributed by atoms with Crippen molar-refractivity contribution in [1.82, 2.24) is 14.7 Å². The monoisotopic (exact) mass is 357 g/mol. The molecular formula is C19H23N3O4. The van der Waals surface area contributed by atoms with Gasteiger partial charge in [0.1, 0.15) is 11.3 Å². The minimum Gasteiger partial charge on any atom is -0.484 e. The van der Waals surface area contributed by atoms with E-state index in [2.05, 4.69) is 5.10 Å². The molecule has 1 saturated heterocycles. The molecule has 0 radical (unpaired) electrons. The molecule has 1 fully saturated rings. The number of nitrogens with zero attached hydrogens (tertiary/aromatic N) is 3. The predicted octanol–water partition coefficient (Wildman–Crippen LogP) is 2.44. The molecule has 2 aromatic rings. The van der Waals surface area contributed by atoms with Gasteiger partial charge in [-0.25, -0.2) is 4.79 Å². The van der Waals surface area contributed by atoms with Gasteiger partial charge in [0.05, 0.1) is 17.9 Å². The lowest BCUT2D eigenvalue weighted by atomic mass is 10.0. The normalized spacial score (nSPS) is 15.1. The number of aromatic nitrogens is 2. The van der Waals surface area contributed by atoms with Crippen LogP contribution in [0.25, 0.3) is 0 Å². The highest BCUT2D eigenvalue weighted by Crippen LogP contribution is 2.24. The van der Waals surface area contributed by atoms with Crippen molar-refractivity contribution in [3.05, 3.63) is 47.3 Å². The van der Waals surface area contributed by atoms with Gasteiger partial charge >= 0.3 is 5.97 Å². The minimum absolute atomic E-state index is 0.0259. The van der Waals surface area contributed by atoms with Crippen molar-refractivity contribution in [2.24, 2.45) is 0 Å². The number of ether oxygens (including phenoxy) is 1. The zero-order valence-electron chi connectivity index (χ0n) is 15.0. The summed E-state index contributed by atoms with van der Waals surface area (Å²) in [6.45, 7) is 5.00. The Morgan fingerprint density at radius 2 is 2.00 bits per heavy atom. The first-order valence-corrected chi connectivity index (χ1v) is 8.70. The third kappa shape index (κ3) is 3.87. The van der Waals surface area contributed by atoms with Crippen LogP contribution >= 0.6 is 0 Å². The van der Waals surface area contributed by atoms with E-state index in [1.165, 1.54) is 6.20 Å². The Morgan fingerprint density at radius 1 is 1.27 bits per heavy atom. The van der Waals surface area contributed by atoms with Gasteiger partial charge in [0.25, 0.3) is 5.91 Å². The van der Waals surface area contributed by atoms with Crippen LogP contribution in [0, 0.1) is 13.8 Å². The van der Waals surface area contributed by atoms with Crippen molar-refractivity contribution < 1.29 is 19.4 Å². The average Bonchev–Trinajstić information content (AvgIpc) is 3.01. The molecule has 0 aliphatic carbocycles. The van der Waals surface area contributed by atoms with Crippen LogP contribution in [0.1, 0.15) is 40.5 Å². The Hall–Kier alpha value is -2.83. The van der Waals surface area contributed by atoms with E-state index >= 15 is 0 Å². The maximum atomic E-state index is 12.4. The van der Waals surface area contributed by atoms with E-state index in [1.54, 1.807) is 16.5 Å². The summed E-state index contributed by atoms with van der Waals surface area (Å²) >= 11 is 0. The molecule has 0 spiro atoms. The summed E-state index contributed by atoms with van der Waals surface area (Å²) in [4.78, 5) is 25.3. The number of aryl methyl sites for hydroxylation is 1. The number of hydrogen-bond donors (Lipinski definition) is 1. The first kappa shape index (κ1) is 18.0. The number of benzene rings is 1. The fourth-order valence-corrected chi connectivity index (χ4v) is 3.30. The van der Waals surface area contributed by atoms with Crippen LogP contribution in [0.3, 0.4) is 0 Å². The molecule has 1 N–H and O–H groups in total. The number of carboxylic acids is 1. The summed E-state index contributed by atoms with van der Waals surface area (Å²) in [5.41, 5.74) is 1.98. The third-order valence-corrected chi connectivity index (χ3v) is 4.79. The third-order valence-electron chi connectivity index (χ3n) is 4.79.